The monoisotopic (exact) mass is 316 g/mol. The minimum Gasteiger partial charge on any atom is -0.389 e. The van der Waals surface area contributed by atoms with Gasteiger partial charge in [0.15, 0.2) is 0 Å². The lowest BCUT2D eigenvalue weighted by molar-refractivity contribution is 0.581. The first kappa shape index (κ1) is 14.1. The molecular formula is C10H12N4O2S3. The molecule has 3 N–H and O–H groups in total. The first-order chi connectivity index (χ1) is 8.88. The maximum Gasteiger partial charge on any atom is 0.250 e. The molecule has 9 heteroatoms. The van der Waals surface area contributed by atoms with Crippen LogP contribution in [0.2, 0.25) is 0 Å². The third-order valence-electron chi connectivity index (χ3n) is 2.30. The molecule has 0 radical (unpaired) electrons. The van der Waals surface area contributed by atoms with Crippen molar-refractivity contribution in [2.45, 2.75) is 10.8 Å². The van der Waals surface area contributed by atoms with Gasteiger partial charge < -0.3 is 5.73 Å². The summed E-state index contributed by atoms with van der Waals surface area (Å²) in [5, 5.41) is 4.09. The van der Waals surface area contributed by atoms with Crippen molar-refractivity contribution in [2.24, 2.45) is 12.8 Å². The Morgan fingerprint density at radius 2 is 2.26 bits per heavy atom. The van der Waals surface area contributed by atoms with Gasteiger partial charge >= 0.3 is 0 Å². The summed E-state index contributed by atoms with van der Waals surface area (Å²) in [6.45, 7) is 0.142. The van der Waals surface area contributed by atoms with Gasteiger partial charge in [-0.05, 0) is 18.2 Å². The molecule has 0 spiro atoms. The van der Waals surface area contributed by atoms with E-state index in [-0.39, 0.29) is 15.7 Å². The summed E-state index contributed by atoms with van der Waals surface area (Å²) in [5.74, 6) is 0. The van der Waals surface area contributed by atoms with E-state index in [2.05, 4.69) is 9.82 Å². The Morgan fingerprint density at radius 1 is 1.53 bits per heavy atom. The van der Waals surface area contributed by atoms with Crippen LogP contribution in [0, 0.1) is 0 Å². The van der Waals surface area contributed by atoms with E-state index < -0.39 is 10.0 Å². The topological polar surface area (TPSA) is 90.0 Å². The fourth-order valence-corrected chi connectivity index (χ4v) is 3.79. The lowest BCUT2D eigenvalue weighted by Gasteiger charge is -2.02. The van der Waals surface area contributed by atoms with Gasteiger partial charge in [0.2, 0.25) is 10.0 Å². The molecule has 2 aromatic heterocycles. The number of nitrogens with one attached hydrogen (secondary N) is 1. The molecule has 0 bridgehead atoms. The molecule has 19 heavy (non-hydrogen) atoms. The third-order valence-corrected chi connectivity index (χ3v) is 5.66. The number of thiophene rings is 1. The number of aryl methyl sites for hydroxylation is 1. The van der Waals surface area contributed by atoms with Crippen LogP contribution in [-0.2, 0) is 23.6 Å². The summed E-state index contributed by atoms with van der Waals surface area (Å²) >= 11 is 5.85. The van der Waals surface area contributed by atoms with Crippen LogP contribution >= 0.6 is 23.6 Å². The maximum absolute atomic E-state index is 12.0. The van der Waals surface area contributed by atoms with Gasteiger partial charge in [-0.2, -0.15) is 5.10 Å². The fraction of sp³-hybridized carbons (Fsp3) is 0.200. The average Bonchev–Trinajstić information content (AvgIpc) is 2.95. The molecule has 0 fully saturated rings. The molecular weight excluding hydrogens is 304 g/mol. The molecule has 2 heterocycles. The Balaban J connectivity index is 2.11. The van der Waals surface area contributed by atoms with Crippen LogP contribution in [-0.4, -0.2) is 23.2 Å². The van der Waals surface area contributed by atoms with Gasteiger partial charge in [-0.3, -0.25) is 4.68 Å². The standard InChI is InChI=1S/C10H12N4O2S3/c1-14-5-4-7(13-14)6-12-19(15,16)9-3-2-8(18-9)10(11)17/h2-5,12H,6H2,1H3,(H2,11,17). The number of rotatable bonds is 5. The van der Waals surface area contributed by atoms with E-state index in [0.29, 0.717) is 10.6 Å². The Kier molecular flexibility index (Phi) is 3.99. The number of sulfonamides is 1. The zero-order valence-corrected chi connectivity index (χ0v) is 12.5. The molecule has 0 aliphatic heterocycles. The normalized spacial score (nSPS) is 11.6. The Morgan fingerprint density at radius 3 is 2.79 bits per heavy atom. The van der Waals surface area contributed by atoms with Crippen molar-refractivity contribution >= 4 is 38.6 Å². The molecule has 0 aliphatic carbocycles. The van der Waals surface area contributed by atoms with Crippen LogP contribution in [0.4, 0.5) is 0 Å². The van der Waals surface area contributed by atoms with Gasteiger partial charge in [0.1, 0.15) is 9.20 Å². The smallest absolute Gasteiger partial charge is 0.250 e. The average molecular weight is 316 g/mol. The summed E-state index contributed by atoms with van der Waals surface area (Å²) in [7, 11) is -1.79. The summed E-state index contributed by atoms with van der Waals surface area (Å²) in [6, 6.07) is 4.83. The summed E-state index contributed by atoms with van der Waals surface area (Å²) in [6.07, 6.45) is 1.75. The van der Waals surface area contributed by atoms with Crippen LogP contribution in [0.1, 0.15) is 10.6 Å². The van der Waals surface area contributed by atoms with Gasteiger partial charge in [-0.15, -0.1) is 11.3 Å². The molecule has 0 atom stereocenters. The van der Waals surface area contributed by atoms with E-state index in [0.717, 1.165) is 11.3 Å². The van der Waals surface area contributed by atoms with Crippen LogP contribution in [0.25, 0.3) is 0 Å². The third kappa shape index (κ3) is 3.38. The van der Waals surface area contributed by atoms with E-state index >= 15 is 0 Å². The fourth-order valence-electron chi connectivity index (χ4n) is 1.39. The Bertz CT molecular complexity index is 702. The molecule has 0 unspecified atom stereocenters. The van der Waals surface area contributed by atoms with E-state index in [1.54, 1.807) is 30.1 Å². The minimum atomic E-state index is -3.56. The minimum absolute atomic E-state index is 0.142. The molecule has 2 aromatic rings. The highest BCUT2D eigenvalue weighted by atomic mass is 32.2. The highest BCUT2D eigenvalue weighted by Gasteiger charge is 2.17. The molecule has 102 valence electrons. The molecule has 6 nitrogen and oxygen atoms in total. The molecule has 0 aromatic carbocycles. The highest BCUT2D eigenvalue weighted by Crippen LogP contribution is 2.21. The summed E-state index contributed by atoms with van der Waals surface area (Å²) in [5.41, 5.74) is 6.10. The van der Waals surface area contributed by atoms with Crippen LogP contribution < -0.4 is 10.5 Å². The molecule has 0 saturated carbocycles. The predicted molar refractivity (Wildman–Crippen MR) is 77.4 cm³/mol. The van der Waals surface area contributed by atoms with Crippen LogP contribution in [0.3, 0.4) is 0 Å². The Hall–Kier alpha value is -1.29. The molecule has 0 amide bonds. The van der Waals surface area contributed by atoms with Crippen molar-refractivity contribution in [1.82, 2.24) is 14.5 Å². The van der Waals surface area contributed by atoms with E-state index in [1.807, 2.05) is 0 Å². The lowest BCUT2D eigenvalue weighted by atomic mass is 10.4. The van der Waals surface area contributed by atoms with Crippen molar-refractivity contribution in [2.75, 3.05) is 0 Å². The molecule has 0 saturated heterocycles. The van der Waals surface area contributed by atoms with Crippen molar-refractivity contribution in [1.29, 1.82) is 0 Å². The van der Waals surface area contributed by atoms with Gasteiger partial charge in [0.25, 0.3) is 0 Å². The van der Waals surface area contributed by atoms with E-state index in [9.17, 15) is 8.42 Å². The van der Waals surface area contributed by atoms with Gasteiger partial charge in [-0.25, -0.2) is 13.1 Å². The van der Waals surface area contributed by atoms with Crippen LogP contribution in [0.5, 0.6) is 0 Å². The van der Waals surface area contributed by atoms with Gasteiger partial charge in [0, 0.05) is 13.2 Å². The van der Waals surface area contributed by atoms with Crippen molar-refractivity contribution in [3.05, 3.63) is 35.0 Å². The molecule has 2 rings (SSSR count). The first-order valence-electron chi connectivity index (χ1n) is 5.26. The highest BCUT2D eigenvalue weighted by molar-refractivity contribution is 7.91. The van der Waals surface area contributed by atoms with Crippen molar-refractivity contribution in [3.8, 4) is 0 Å². The number of nitrogens with zero attached hydrogens (tertiary/aromatic N) is 2. The second kappa shape index (κ2) is 5.37. The number of aromatic nitrogens is 2. The lowest BCUT2D eigenvalue weighted by Crippen LogP contribution is -2.22. The predicted octanol–water partition coefficient (Wildman–Crippen LogP) is 0.594. The number of hydrogen-bond acceptors (Lipinski definition) is 5. The van der Waals surface area contributed by atoms with Crippen LogP contribution in [0.15, 0.2) is 28.6 Å². The second-order valence-corrected chi connectivity index (χ2v) is 7.31. The summed E-state index contributed by atoms with van der Waals surface area (Å²) in [4.78, 5) is 0.768. The Labute approximate surface area is 120 Å². The van der Waals surface area contributed by atoms with Crippen molar-refractivity contribution in [3.63, 3.8) is 0 Å². The van der Waals surface area contributed by atoms with Gasteiger partial charge in [-0.1, -0.05) is 12.2 Å². The van der Waals surface area contributed by atoms with E-state index in [1.165, 1.54) is 6.07 Å². The van der Waals surface area contributed by atoms with Crippen molar-refractivity contribution < 1.29 is 8.42 Å². The summed E-state index contributed by atoms with van der Waals surface area (Å²) < 4.78 is 28.3. The second-order valence-electron chi connectivity index (χ2n) is 3.79. The zero-order chi connectivity index (χ0) is 14.0. The molecule has 0 aliphatic rings. The number of thiocarbonyl (C=S) groups is 1. The quantitative estimate of drug-likeness (QED) is 0.788. The largest absolute Gasteiger partial charge is 0.389 e. The number of hydrogen-bond donors (Lipinski definition) is 2. The maximum atomic E-state index is 12.0. The number of nitrogens with two attached hydrogens (primary N) is 1. The first-order valence-corrected chi connectivity index (χ1v) is 7.97. The van der Waals surface area contributed by atoms with Gasteiger partial charge in [0.05, 0.1) is 17.1 Å². The zero-order valence-electron chi connectivity index (χ0n) is 10.0. The van der Waals surface area contributed by atoms with E-state index in [4.69, 9.17) is 18.0 Å². The SMILES string of the molecule is Cn1ccc(CNS(=O)(=O)c2ccc(C(N)=S)s2)n1.